The molecule has 1 aliphatic carbocycles. The van der Waals surface area contributed by atoms with Gasteiger partial charge in [-0.3, -0.25) is 9.59 Å². The molecule has 0 heterocycles. The van der Waals surface area contributed by atoms with E-state index >= 15 is 0 Å². The van der Waals surface area contributed by atoms with Gasteiger partial charge in [-0.2, -0.15) is 0 Å². The summed E-state index contributed by atoms with van der Waals surface area (Å²) in [6.07, 6.45) is 5.34. The molecule has 0 aromatic rings. The average Bonchev–Trinajstić information content (AvgIpc) is 2.30. The lowest BCUT2D eigenvalue weighted by Gasteiger charge is -2.27. The largest absolute Gasteiger partial charge is 0.435 e. The minimum Gasteiger partial charge on any atom is -0.435 e. The van der Waals surface area contributed by atoms with Crippen LogP contribution in [0.3, 0.4) is 0 Å². The number of carbonyl (C=O) groups is 2. The molecule has 0 radical (unpaired) electrons. The van der Waals surface area contributed by atoms with Gasteiger partial charge in [0.05, 0.1) is 24.4 Å². The van der Waals surface area contributed by atoms with Crippen LogP contribution in [0.4, 0.5) is 0 Å². The zero-order valence-electron chi connectivity index (χ0n) is 9.19. The Morgan fingerprint density at radius 3 is 1.62 bits per heavy atom. The van der Waals surface area contributed by atoms with E-state index in [0.29, 0.717) is 12.8 Å². The maximum atomic E-state index is 11.6. The maximum absolute atomic E-state index is 11.6. The molecule has 0 spiro atoms. The zero-order valence-corrected chi connectivity index (χ0v) is 9.19. The Labute approximate surface area is 94.9 Å². The highest BCUT2D eigenvalue weighted by Crippen LogP contribution is 2.32. The minimum absolute atomic E-state index is 0.402. The molecule has 1 rings (SSSR count). The van der Waals surface area contributed by atoms with Gasteiger partial charge >= 0.3 is 11.9 Å². The zero-order chi connectivity index (χ0) is 12.0. The molecular formula is C12H16O4. The van der Waals surface area contributed by atoms with Gasteiger partial charge in [0.25, 0.3) is 0 Å². The van der Waals surface area contributed by atoms with Crippen LogP contribution in [0.5, 0.6) is 0 Å². The van der Waals surface area contributed by atoms with Crippen molar-refractivity contribution < 1.29 is 19.1 Å². The summed E-state index contributed by atoms with van der Waals surface area (Å²) in [5.41, 5.74) is 0. The van der Waals surface area contributed by atoms with Crippen molar-refractivity contribution in [2.45, 2.75) is 25.7 Å². The number of ether oxygens (including phenoxy) is 2. The predicted molar refractivity (Wildman–Crippen MR) is 58.0 cm³/mol. The first kappa shape index (κ1) is 12.5. The second-order valence-electron chi connectivity index (χ2n) is 3.70. The van der Waals surface area contributed by atoms with Crippen LogP contribution in [0.25, 0.3) is 0 Å². The molecule has 4 heteroatoms. The predicted octanol–water partition coefficient (Wildman–Crippen LogP) is 2.17. The Kier molecular flexibility index (Phi) is 4.76. The molecule has 0 amide bonds. The fourth-order valence-corrected chi connectivity index (χ4v) is 2.03. The van der Waals surface area contributed by atoms with Crippen LogP contribution in [0.1, 0.15) is 25.7 Å². The molecule has 0 saturated heterocycles. The van der Waals surface area contributed by atoms with E-state index in [1.165, 1.54) is 0 Å². The molecular weight excluding hydrogens is 208 g/mol. The van der Waals surface area contributed by atoms with Crippen molar-refractivity contribution in [1.29, 1.82) is 0 Å². The summed E-state index contributed by atoms with van der Waals surface area (Å²) in [5.74, 6) is -1.64. The van der Waals surface area contributed by atoms with Gasteiger partial charge in [-0.15, -0.1) is 0 Å². The van der Waals surface area contributed by atoms with Crippen LogP contribution in [0, 0.1) is 11.8 Å². The lowest BCUT2D eigenvalue weighted by molar-refractivity contribution is -0.156. The molecule has 0 aromatic heterocycles. The quantitative estimate of drug-likeness (QED) is 0.542. The number of hydrogen-bond acceptors (Lipinski definition) is 4. The molecule has 2 atom stereocenters. The first-order chi connectivity index (χ1) is 7.70. The monoisotopic (exact) mass is 224 g/mol. The molecule has 1 fully saturated rings. The molecule has 1 saturated carbocycles. The first-order valence-electron chi connectivity index (χ1n) is 5.33. The Bertz CT molecular complexity index is 265. The molecule has 0 aliphatic heterocycles. The van der Waals surface area contributed by atoms with Crippen LogP contribution in [0.2, 0.25) is 0 Å². The van der Waals surface area contributed by atoms with Crippen molar-refractivity contribution in [3.05, 3.63) is 25.7 Å². The number of rotatable bonds is 4. The molecule has 0 bridgehead atoms. The van der Waals surface area contributed by atoms with Gasteiger partial charge in [-0.25, -0.2) is 0 Å². The van der Waals surface area contributed by atoms with Crippen LogP contribution < -0.4 is 0 Å². The molecule has 0 aromatic carbocycles. The third-order valence-corrected chi connectivity index (χ3v) is 2.77. The standard InChI is InChI=1S/C12H16O4/c1-3-15-11(13)9-7-5-6-8-10(9)12(14)16-4-2/h3-4,9-10H,1-2,5-8H2/t9-,10-/m1/s1. The lowest BCUT2D eigenvalue weighted by atomic mass is 9.79. The molecule has 4 nitrogen and oxygen atoms in total. The highest BCUT2D eigenvalue weighted by Gasteiger charge is 2.37. The fourth-order valence-electron chi connectivity index (χ4n) is 2.03. The molecule has 0 unspecified atom stereocenters. The molecule has 0 N–H and O–H groups in total. The van der Waals surface area contributed by atoms with Crippen LogP contribution in [0.15, 0.2) is 25.7 Å². The van der Waals surface area contributed by atoms with Gasteiger partial charge in [0.2, 0.25) is 0 Å². The third kappa shape index (κ3) is 2.95. The van der Waals surface area contributed by atoms with E-state index in [9.17, 15) is 9.59 Å². The van der Waals surface area contributed by atoms with Gasteiger partial charge in [0.1, 0.15) is 0 Å². The van der Waals surface area contributed by atoms with Crippen LogP contribution >= 0.6 is 0 Å². The van der Waals surface area contributed by atoms with E-state index in [1.54, 1.807) is 0 Å². The number of carbonyl (C=O) groups excluding carboxylic acids is 2. The summed E-state index contributed by atoms with van der Waals surface area (Å²) in [6.45, 7) is 6.65. The Morgan fingerprint density at radius 1 is 0.938 bits per heavy atom. The number of esters is 2. The summed E-state index contributed by atoms with van der Waals surface area (Å²) < 4.78 is 9.46. The van der Waals surface area contributed by atoms with E-state index in [2.05, 4.69) is 13.2 Å². The summed E-state index contributed by atoms with van der Waals surface area (Å²) in [7, 11) is 0. The van der Waals surface area contributed by atoms with Gasteiger partial charge in [0, 0.05) is 0 Å². The second-order valence-corrected chi connectivity index (χ2v) is 3.70. The van der Waals surface area contributed by atoms with Gasteiger partial charge < -0.3 is 9.47 Å². The maximum Gasteiger partial charge on any atom is 0.314 e. The van der Waals surface area contributed by atoms with E-state index in [0.717, 1.165) is 25.4 Å². The molecule has 1 aliphatic rings. The minimum atomic E-state index is -0.417. The van der Waals surface area contributed by atoms with Gasteiger partial charge in [0.15, 0.2) is 0 Å². The average molecular weight is 224 g/mol. The van der Waals surface area contributed by atoms with E-state index < -0.39 is 23.8 Å². The first-order valence-corrected chi connectivity index (χ1v) is 5.33. The summed E-state index contributed by atoms with van der Waals surface area (Å²) >= 11 is 0. The SMILES string of the molecule is C=COC(=O)[C@@H]1CCCC[C@H]1C(=O)OC=C. The van der Waals surface area contributed by atoms with E-state index in [-0.39, 0.29) is 0 Å². The topological polar surface area (TPSA) is 52.6 Å². The van der Waals surface area contributed by atoms with E-state index in [1.807, 2.05) is 0 Å². The summed E-state index contributed by atoms with van der Waals surface area (Å²) in [4.78, 5) is 23.2. The number of hydrogen-bond donors (Lipinski definition) is 0. The van der Waals surface area contributed by atoms with Crippen molar-refractivity contribution >= 4 is 11.9 Å². The van der Waals surface area contributed by atoms with Crippen molar-refractivity contribution in [2.24, 2.45) is 11.8 Å². The Balaban J connectivity index is 2.69. The van der Waals surface area contributed by atoms with Crippen molar-refractivity contribution in [2.75, 3.05) is 0 Å². The fraction of sp³-hybridized carbons (Fsp3) is 0.500. The van der Waals surface area contributed by atoms with Crippen LogP contribution in [-0.4, -0.2) is 11.9 Å². The summed E-state index contributed by atoms with van der Waals surface area (Å²) in [6, 6.07) is 0. The van der Waals surface area contributed by atoms with Crippen LogP contribution in [-0.2, 0) is 19.1 Å². The van der Waals surface area contributed by atoms with Crippen molar-refractivity contribution in [3.63, 3.8) is 0 Å². The highest BCUT2D eigenvalue weighted by atomic mass is 16.5. The third-order valence-electron chi connectivity index (χ3n) is 2.77. The van der Waals surface area contributed by atoms with Crippen molar-refractivity contribution in [3.8, 4) is 0 Å². The Morgan fingerprint density at radius 2 is 1.31 bits per heavy atom. The van der Waals surface area contributed by atoms with Gasteiger partial charge in [-0.1, -0.05) is 26.0 Å². The molecule has 88 valence electrons. The van der Waals surface area contributed by atoms with Gasteiger partial charge in [-0.05, 0) is 12.8 Å². The van der Waals surface area contributed by atoms with E-state index in [4.69, 9.17) is 9.47 Å². The van der Waals surface area contributed by atoms with Crippen molar-refractivity contribution in [1.82, 2.24) is 0 Å². The Hall–Kier alpha value is -1.58. The summed E-state index contributed by atoms with van der Waals surface area (Å²) in [5, 5.41) is 0. The smallest absolute Gasteiger partial charge is 0.314 e. The second kappa shape index (κ2) is 6.10. The normalized spacial score (nSPS) is 24.2. The highest BCUT2D eigenvalue weighted by molar-refractivity contribution is 5.82. The lowest BCUT2D eigenvalue weighted by Crippen LogP contribution is -2.33. The molecule has 16 heavy (non-hydrogen) atoms.